The van der Waals surface area contributed by atoms with Crippen molar-refractivity contribution >= 4 is 12.9 Å². The number of methoxy groups -OCH3 is 1. The maximum atomic E-state index is 8.85. The van der Waals surface area contributed by atoms with Gasteiger partial charge in [0.15, 0.2) is 0 Å². The van der Waals surface area contributed by atoms with Gasteiger partial charge in [0.25, 0.3) is 0 Å². The van der Waals surface area contributed by atoms with Crippen molar-refractivity contribution < 1.29 is 14.5 Å². The van der Waals surface area contributed by atoms with Crippen LogP contribution in [0.1, 0.15) is 0 Å². The monoisotopic (exact) mass is 180 g/mol. The van der Waals surface area contributed by atoms with E-state index in [4.69, 9.17) is 14.5 Å². The number of rotatable bonds is 5. The molecule has 0 saturated heterocycles. The Hall–Kier alpha value is -0.995. The Balaban J connectivity index is 2.46. The molecule has 0 amide bonds. The van der Waals surface area contributed by atoms with E-state index in [0.717, 1.165) is 11.2 Å². The fourth-order valence-electron chi connectivity index (χ4n) is 0.976. The zero-order valence-electron chi connectivity index (χ0n) is 7.69. The van der Waals surface area contributed by atoms with Crippen molar-refractivity contribution in [2.75, 3.05) is 20.3 Å². The Morgan fingerprint density at radius 1 is 1.38 bits per heavy atom. The van der Waals surface area contributed by atoms with Crippen molar-refractivity contribution in [1.29, 1.82) is 0 Å². The molecule has 0 aliphatic heterocycles. The van der Waals surface area contributed by atoms with Gasteiger partial charge in [-0.1, -0.05) is 12.1 Å². The molecule has 13 heavy (non-hydrogen) atoms. The summed E-state index contributed by atoms with van der Waals surface area (Å²) < 4.78 is 10.2. The zero-order chi connectivity index (χ0) is 9.52. The lowest BCUT2D eigenvalue weighted by Crippen LogP contribution is -2.13. The minimum atomic E-state index is 0.0431. The van der Waals surface area contributed by atoms with Gasteiger partial charge in [-0.15, -0.1) is 0 Å². The maximum absolute atomic E-state index is 8.85. The molecule has 1 aromatic rings. The lowest BCUT2D eigenvalue weighted by Gasteiger charge is -2.05. The van der Waals surface area contributed by atoms with Gasteiger partial charge < -0.3 is 14.5 Å². The minimum Gasteiger partial charge on any atom is -0.491 e. The molecule has 0 saturated carbocycles. The van der Waals surface area contributed by atoms with Crippen LogP contribution < -0.4 is 10.2 Å². The van der Waals surface area contributed by atoms with E-state index in [9.17, 15) is 0 Å². The highest BCUT2D eigenvalue weighted by Gasteiger charge is 1.96. The highest BCUT2D eigenvalue weighted by Crippen LogP contribution is 2.06. The standard InChI is InChI=1S/C9H13BO3/c1-12-5-6-13-9-4-2-3-8(7-9)10-11/h2-4,7,10-11H,5-6H2,1H3. The van der Waals surface area contributed by atoms with Gasteiger partial charge in [-0.25, -0.2) is 0 Å². The van der Waals surface area contributed by atoms with E-state index in [-0.39, 0.29) is 7.48 Å². The number of hydrogen-bond donors (Lipinski definition) is 1. The van der Waals surface area contributed by atoms with Gasteiger partial charge in [0, 0.05) is 7.11 Å². The Kier molecular flexibility index (Phi) is 4.36. The molecule has 3 nitrogen and oxygen atoms in total. The molecule has 0 unspecified atom stereocenters. The lowest BCUT2D eigenvalue weighted by molar-refractivity contribution is 0.146. The summed E-state index contributed by atoms with van der Waals surface area (Å²) in [4.78, 5) is 0. The smallest absolute Gasteiger partial charge is 0.304 e. The second-order valence-electron chi connectivity index (χ2n) is 2.65. The van der Waals surface area contributed by atoms with E-state index in [1.54, 1.807) is 7.11 Å². The Morgan fingerprint density at radius 2 is 2.23 bits per heavy atom. The highest BCUT2D eigenvalue weighted by molar-refractivity contribution is 6.45. The molecule has 0 aromatic heterocycles. The van der Waals surface area contributed by atoms with Crippen LogP contribution in [-0.4, -0.2) is 32.8 Å². The van der Waals surface area contributed by atoms with E-state index < -0.39 is 0 Å². The van der Waals surface area contributed by atoms with Crippen LogP contribution in [0.25, 0.3) is 0 Å². The summed E-state index contributed by atoms with van der Waals surface area (Å²) in [7, 11) is 1.68. The molecule has 0 aliphatic carbocycles. The molecular formula is C9H13BO3. The van der Waals surface area contributed by atoms with Gasteiger partial charge in [-0.2, -0.15) is 0 Å². The average Bonchev–Trinajstić information content (AvgIpc) is 2.19. The summed E-state index contributed by atoms with van der Waals surface area (Å²) in [6.07, 6.45) is 0. The molecule has 4 heteroatoms. The van der Waals surface area contributed by atoms with Crippen molar-refractivity contribution in [1.82, 2.24) is 0 Å². The van der Waals surface area contributed by atoms with E-state index in [0.29, 0.717) is 13.2 Å². The van der Waals surface area contributed by atoms with E-state index in [1.807, 2.05) is 24.3 Å². The quantitative estimate of drug-likeness (QED) is 0.498. The Morgan fingerprint density at radius 3 is 2.92 bits per heavy atom. The van der Waals surface area contributed by atoms with E-state index in [2.05, 4.69) is 0 Å². The highest BCUT2D eigenvalue weighted by atomic mass is 16.5. The molecule has 0 heterocycles. The lowest BCUT2D eigenvalue weighted by atomic mass is 9.89. The molecule has 0 bridgehead atoms. The average molecular weight is 180 g/mol. The van der Waals surface area contributed by atoms with Gasteiger partial charge in [-0.05, 0) is 17.6 Å². The van der Waals surface area contributed by atoms with E-state index in [1.165, 1.54) is 0 Å². The summed E-state index contributed by atoms with van der Waals surface area (Å²) in [5.41, 5.74) is 0.856. The predicted octanol–water partition coefficient (Wildman–Crippen LogP) is -0.319. The molecule has 70 valence electrons. The first kappa shape index (κ1) is 10.1. The Labute approximate surface area is 78.6 Å². The first-order chi connectivity index (χ1) is 6.36. The first-order valence-corrected chi connectivity index (χ1v) is 4.18. The Bertz CT molecular complexity index is 252. The van der Waals surface area contributed by atoms with Crippen molar-refractivity contribution in [2.45, 2.75) is 0 Å². The molecule has 1 rings (SSSR count). The van der Waals surface area contributed by atoms with Crippen LogP contribution in [0.15, 0.2) is 24.3 Å². The van der Waals surface area contributed by atoms with Crippen LogP contribution in [0, 0.1) is 0 Å². The molecule has 0 spiro atoms. The fourth-order valence-corrected chi connectivity index (χ4v) is 0.976. The van der Waals surface area contributed by atoms with Gasteiger partial charge in [0.1, 0.15) is 12.4 Å². The third-order valence-electron chi connectivity index (χ3n) is 1.64. The van der Waals surface area contributed by atoms with Crippen LogP contribution in [0.5, 0.6) is 5.75 Å². The second-order valence-corrected chi connectivity index (χ2v) is 2.65. The summed E-state index contributed by atoms with van der Waals surface area (Å²) in [5, 5.41) is 8.85. The zero-order valence-corrected chi connectivity index (χ0v) is 7.69. The largest absolute Gasteiger partial charge is 0.491 e. The van der Waals surface area contributed by atoms with Crippen molar-refractivity contribution in [3.63, 3.8) is 0 Å². The van der Waals surface area contributed by atoms with Crippen LogP contribution in [0.2, 0.25) is 0 Å². The summed E-state index contributed by atoms with van der Waals surface area (Å²) in [6.45, 7) is 1.11. The number of benzene rings is 1. The van der Waals surface area contributed by atoms with Crippen LogP contribution >= 0.6 is 0 Å². The fraction of sp³-hybridized carbons (Fsp3) is 0.333. The SMILES string of the molecule is COCCOc1cccc(BO)c1. The van der Waals surface area contributed by atoms with Gasteiger partial charge in [0.05, 0.1) is 6.61 Å². The van der Waals surface area contributed by atoms with Crippen molar-refractivity contribution in [3.05, 3.63) is 24.3 Å². The second kappa shape index (κ2) is 5.62. The molecule has 0 atom stereocenters. The maximum Gasteiger partial charge on any atom is 0.304 e. The topological polar surface area (TPSA) is 38.7 Å². The van der Waals surface area contributed by atoms with Gasteiger partial charge in [0.2, 0.25) is 0 Å². The van der Waals surface area contributed by atoms with E-state index >= 15 is 0 Å². The third kappa shape index (κ3) is 3.48. The van der Waals surface area contributed by atoms with Gasteiger partial charge in [-0.3, -0.25) is 0 Å². The third-order valence-corrected chi connectivity index (χ3v) is 1.64. The van der Waals surface area contributed by atoms with Crippen LogP contribution in [-0.2, 0) is 4.74 Å². The van der Waals surface area contributed by atoms with Gasteiger partial charge >= 0.3 is 7.48 Å². The molecule has 0 radical (unpaired) electrons. The summed E-state index contributed by atoms with van der Waals surface area (Å²) >= 11 is 0. The van der Waals surface area contributed by atoms with Crippen molar-refractivity contribution in [2.24, 2.45) is 0 Å². The number of hydrogen-bond acceptors (Lipinski definition) is 3. The minimum absolute atomic E-state index is 0.0431. The molecule has 0 fully saturated rings. The molecule has 0 aliphatic rings. The van der Waals surface area contributed by atoms with Crippen LogP contribution in [0.3, 0.4) is 0 Å². The molecule has 1 N–H and O–H groups in total. The summed E-state index contributed by atoms with van der Waals surface area (Å²) in [6, 6.07) is 7.38. The number of ether oxygens (including phenoxy) is 2. The predicted molar refractivity (Wildman–Crippen MR) is 52.8 cm³/mol. The van der Waals surface area contributed by atoms with Crippen molar-refractivity contribution in [3.8, 4) is 5.75 Å². The summed E-state index contributed by atoms with van der Waals surface area (Å²) in [5.74, 6) is 0.767. The molecular weight excluding hydrogens is 167 g/mol. The normalized spacial score (nSPS) is 9.69. The molecule has 1 aromatic carbocycles. The van der Waals surface area contributed by atoms with Crippen LogP contribution in [0.4, 0.5) is 0 Å². The first-order valence-electron chi connectivity index (χ1n) is 4.18.